The molecule has 0 aromatic heterocycles. The molecule has 0 bridgehead atoms. The van der Waals surface area contributed by atoms with Crippen LogP contribution in [-0.4, -0.2) is 35.0 Å². The third-order valence-corrected chi connectivity index (χ3v) is 4.53. The van der Waals surface area contributed by atoms with Gasteiger partial charge in [-0.3, -0.25) is 9.59 Å². The third-order valence-electron chi connectivity index (χ3n) is 4.53. The molecule has 1 N–H and O–H groups in total. The monoisotopic (exact) mass is 289 g/mol. The number of rotatable bonds is 5. The molecule has 0 saturated carbocycles. The highest BCUT2D eigenvalue weighted by Gasteiger charge is 2.41. The lowest BCUT2D eigenvalue weighted by atomic mass is 9.77. The van der Waals surface area contributed by atoms with Crippen LogP contribution in [0, 0.1) is 5.41 Å². The summed E-state index contributed by atoms with van der Waals surface area (Å²) in [5.74, 6) is -0.705. The highest BCUT2D eigenvalue weighted by Crippen LogP contribution is 2.33. The Balaban J connectivity index is 1.94. The van der Waals surface area contributed by atoms with E-state index in [1.807, 2.05) is 37.3 Å². The Morgan fingerprint density at radius 2 is 2.00 bits per heavy atom. The normalized spacial score (nSPS) is 22.0. The summed E-state index contributed by atoms with van der Waals surface area (Å²) in [6.07, 6.45) is 3.18. The second-order valence-corrected chi connectivity index (χ2v) is 5.84. The molecule has 1 aliphatic rings. The Kier molecular flexibility index (Phi) is 4.99. The molecular weight excluding hydrogens is 266 g/mol. The number of amides is 1. The first-order chi connectivity index (χ1) is 10.1. The van der Waals surface area contributed by atoms with Crippen LogP contribution in [0.15, 0.2) is 30.3 Å². The van der Waals surface area contributed by atoms with Crippen LogP contribution in [0.4, 0.5) is 0 Å². The summed E-state index contributed by atoms with van der Waals surface area (Å²) in [4.78, 5) is 25.6. The first kappa shape index (κ1) is 15.5. The number of aryl methyl sites for hydroxylation is 1. The second kappa shape index (κ2) is 6.74. The van der Waals surface area contributed by atoms with Crippen LogP contribution in [-0.2, 0) is 16.0 Å². The fourth-order valence-corrected chi connectivity index (χ4v) is 3.01. The largest absolute Gasteiger partial charge is 0.481 e. The van der Waals surface area contributed by atoms with Crippen molar-refractivity contribution in [2.75, 3.05) is 13.1 Å². The molecule has 0 aliphatic carbocycles. The number of carboxylic acid groups (broad SMARTS) is 1. The number of likely N-dealkylation sites (tertiary alicyclic amines) is 1. The van der Waals surface area contributed by atoms with Crippen molar-refractivity contribution in [2.24, 2.45) is 5.41 Å². The molecule has 1 amide bonds. The summed E-state index contributed by atoms with van der Waals surface area (Å²) in [5, 5.41) is 9.46. The van der Waals surface area contributed by atoms with E-state index >= 15 is 0 Å². The summed E-state index contributed by atoms with van der Waals surface area (Å²) in [7, 11) is 0. The van der Waals surface area contributed by atoms with Crippen molar-refractivity contribution in [1.29, 1.82) is 0 Å². The number of benzene rings is 1. The van der Waals surface area contributed by atoms with Crippen molar-refractivity contribution in [1.82, 2.24) is 4.90 Å². The van der Waals surface area contributed by atoms with E-state index in [4.69, 9.17) is 0 Å². The predicted molar refractivity (Wildman–Crippen MR) is 80.9 cm³/mol. The van der Waals surface area contributed by atoms with Gasteiger partial charge in [-0.1, -0.05) is 37.3 Å². The van der Waals surface area contributed by atoms with Crippen LogP contribution in [0.25, 0.3) is 0 Å². The Morgan fingerprint density at radius 3 is 2.62 bits per heavy atom. The van der Waals surface area contributed by atoms with E-state index in [0.717, 1.165) is 12.0 Å². The highest BCUT2D eigenvalue weighted by molar-refractivity contribution is 5.79. The second-order valence-electron chi connectivity index (χ2n) is 5.84. The van der Waals surface area contributed by atoms with E-state index < -0.39 is 11.4 Å². The topological polar surface area (TPSA) is 57.6 Å². The zero-order valence-electron chi connectivity index (χ0n) is 12.5. The minimum atomic E-state index is -0.773. The molecule has 0 radical (unpaired) electrons. The van der Waals surface area contributed by atoms with Crippen LogP contribution < -0.4 is 0 Å². The minimum Gasteiger partial charge on any atom is -0.481 e. The summed E-state index contributed by atoms with van der Waals surface area (Å²) in [5.41, 5.74) is 0.392. The SMILES string of the molecule is CCC1(C(=O)O)CCCN(C(=O)CCc2ccccc2)C1. The molecular formula is C17H23NO3. The molecule has 1 aromatic rings. The van der Waals surface area contributed by atoms with Gasteiger partial charge < -0.3 is 10.0 Å². The number of carboxylic acids is 1. The fraction of sp³-hybridized carbons (Fsp3) is 0.529. The molecule has 4 heteroatoms. The quantitative estimate of drug-likeness (QED) is 0.906. The maximum absolute atomic E-state index is 12.3. The van der Waals surface area contributed by atoms with Crippen molar-refractivity contribution in [2.45, 2.75) is 39.0 Å². The molecule has 1 heterocycles. The maximum atomic E-state index is 12.3. The van der Waals surface area contributed by atoms with Gasteiger partial charge in [0, 0.05) is 19.5 Å². The minimum absolute atomic E-state index is 0.0672. The first-order valence-electron chi connectivity index (χ1n) is 7.62. The van der Waals surface area contributed by atoms with Gasteiger partial charge in [-0.2, -0.15) is 0 Å². The average Bonchev–Trinajstić information content (AvgIpc) is 2.53. The van der Waals surface area contributed by atoms with Crippen molar-refractivity contribution in [3.63, 3.8) is 0 Å². The van der Waals surface area contributed by atoms with Gasteiger partial charge in [-0.25, -0.2) is 0 Å². The van der Waals surface area contributed by atoms with E-state index in [-0.39, 0.29) is 5.91 Å². The molecule has 2 rings (SSSR count). The molecule has 1 aromatic carbocycles. The number of carbonyl (C=O) groups excluding carboxylic acids is 1. The van der Waals surface area contributed by atoms with Crippen molar-refractivity contribution in [3.05, 3.63) is 35.9 Å². The molecule has 21 heavy (non-hydrogen) atoms. The van der Waals surface area contributed by atoms with Crippen molar-refractivity contribution >= 4 is 11.9 Å². The predicted octanol–water partition coefficient (Wildman–Crippen LogP) is 2.72. The van der Waals surface area contributed by atoms with E-state index in [1.54, 1.807) is 4.90 Å². The van der Waals surface area contributed by atoms with E-state index in [1.165, 1.54) is 0 Å². The van der Waals surface area contributed by atoms with Crippen LogP contribution in [0.2, 0.25) is 0 Å². The lowest BCUT2D eigenvalue weighted by Crippen LogP contribution is -2.49. The lowest BCUT2D eigenvalue weighted by Gasteiger charge is -2.39. The Morgan fingerprint density at radius 1 is 1.29 bits per heavy atom. The van der Waals surface area contributed by atoms with Crippen LogP contribution >= 0.6 is 0 Å². The number of piperidine rings is 1. The third kappa shape index (κ3) is 3.63. The standard InChI is InChI=1S/C17H23NO3/c1-2-17(16(20)21)11-6-12-18(13-17)15(19)10-9-14-7-4-3-5-8-14/h3-5,7-8H,2,6,9-13H2,1H3,(H,20,21). The zero-order valence-corrected chi connectivity index (χ0v) is 12.5. The highest BCUT2D eigenvalue weighted by atomic mass is 16.4. The van der Waals surface area contributed by atoms with Crippen LogP contribution in [0.5, 0.6) is 0 Å². The Bertz CT molecular complexity index is 500. The molecule has 1 aliphatic heterocycles. The molecule has 4 nitrogen and oxygen atoms in total. The van der Waals surface area contributed by atoms with Gasteiger partial charge in [-0.05, 0) is 31.2 Å². The van der Waals surface area contributed by atoms with Crippen molar-refractivity contribution in [3.8, 4) is 0 Å². The smallest absolute Gasteiger partial charge is 0.311 e. The number of aliphatic carboxylic acids is 1. The molecule has 114 valence electrons. The number of carbonyl (C=O) groups is 2. The molecule has 0 spiro atoms. The molecule has 1 saturated heterocycles. The van der Waals surface area contributed by atoms with Gasteiger partial charge in [0.05, 0.1) is 5.41 Å². The Hall–Kier alpha value is -1.84. The molecule has 1 unspecified atom stereocenters. The van der Waals surface area contributed by atoms with E-state index in [9.17, 15) is 14.7 Å². The Labute approximate surface area is 125 Å². The van der Waals surface area contributed by atoms with Gasteiger partial charge in [-0.15, -0.1) is 0 Å². The van der Waals surface area contributed by atoms with E-state index in [0.29, 0.717) is 38.8 Å². The van der Waals surface area contributed by atoms with Gasteiger partial charge in [0.25, 0.3) is 0 Å². The molecule has 1 atom stereocenters. The first-order valence-corrected chi connectivity index (χ1v) is 7.62. The average molecular weight is 289 g/mol. The zero-order chi connectivity index (χ0) is 15.3. The summed E-state index contributed by atoms with van der Waals surface area (Å²) < 4.78 is 0. The molecule has 1 fully saturated rings. The number of nitrogens with zero attached hydrogens (tertiary/aromatic N) is 1. The van der Waals surface area contributed by atoms with Crippen LogP contribution in [0.1, 0.15) is 38.2 Å². The summed E-state index contributed by atoms with van der Waals surface area (Å²) in [6.45, 7) is 2.93. The maximum Gasteiger partial charge on any atom is 0.311 e. The summed E-state index contributed by atoms with van der Waals surface area (Å²) in [6, 6.07) is 9.91. The van der Waals surface area contributed by atoms with Gasteiger partial charge >= 0.3 is 5.97 Å². The van der Waals surface area contributed by atoms with Crippen molar-refractivity contribution < 1.29 is 14.7 Å². The van der Waals surface area contributed by atoms with E-state index in [2.05, 4.69) is 0 Å². The van der Waals surface area contributed by atoms with Crippen LogP contribution in [0.3, 0.4) is 0 Å². The van der Waals surface area contributed by atoms with Gasteiger partial charge in [0.2, 0.25) is 5.91 Å². The van der Waals surface area contributed by atoms with Gasteiger partial charge in [0.1, 0.15) is 0 Å². The fourth-order valence-electron chi connectivity index (χ4n) is 3.01. The lowest BCUT2D eigenvalue weighted by molar-refractivity contribution is -0.155. The number of hydrogen-bond acceptors (Lipinski definition) is 2. The van der Waals surface area contributed by atoms with Gasteiger partial charge in [0.15, 0.2) is 0 Å². The number of hydrogen-bond donors (Lipinski definition) is 1. The summed E-state index contributed by atoms with van der Waals surface area (Å²) >= 11 is 0.